The van der Waals surface area contributed by atoms with E-state index in [1.54, 1.807) is 12.1 Å². The van der Waals surface area contributed by atoms with Gasteiger partial charge in [0.2, 0.25) is 0 Å². The van der Waals surface area contributed by atoms with Crippen molar-refractivity contribution in [2.45, 2.75) is 6.61 Å². The first kappa shape index (κ1) is 12.0. The Kier molecular flexibility index (Phi) is 3.09. The maximum absolute atomic E-state index is 13.7. The molecule has 3 nitrogen and oxygen atoms in total. The maximum atomic E-state index is 13.7. The van der Waals surface area contributed by atoms with Crippen LogP contribution in [-0.2, 0) is 6.61 Å². The molecular formula is C15H13FO3. The van der Waals surface area contributed by atoms with Gasteiger partial charge >= 0.3 is 0 Å². The summed E-state index contributed by atoms with van der Waals surface area (Å²) in [6.07, 6.45) is 0. The highest BCUT2D eigenvalue weighted by Gasteiger charge is 2.13. The average Bonchev–Trinajstić information content (AvgIpc) is 2.46. The second-order valence-electron chi connectivity index (χ2n) is 4.32. The minimum Gasteiger partial charge on any atom is -0.486 e. The van der Waals surface area contributed by atoms with Crippen molar-refractivity contribution in [2.75, 3.05) is 13.2 Å². The van der Waals surface area contributed by atoms with Crippen molar-refractivity contribution in [1.82, 2.24) is 0 Å². The van der Waals surface area contributed by atoms with Gasteiger partial charge in [-0.2, -0.15) is 0 Å². The van der Waals surface area contributed by atoms with Crippen molar-refractivity contribution in [3.05, 3.63) is 47.8 Å². The SMILES string of the molecule is OCc1ccc(-c2ccc3c(c2)OCCO3)cc1F. The minimum absolute atomic E-state index is 0.293. The lowest BCUT2D eigenvalue weighted by atomic mass is 10.0. The third-order valence-corrected chi connectivity index (χ3v) is 3.10. The standard InChI is InChI=1S/C15H13FO3/c16-13-7-10(1-2-12(13)9-17)11-3-4-14-15(8-11)19-6-5-18-14/h1-4,7-8,17H,5-6,9H2. The molecule has 0 radical (unpaired) electrons. The number of aliphatic hydroxyl groups is 1. The van der Waals surface area contributed by atoms with E-state index in [0.29, 0.717) is 30.3 Å². The minimum atomic E-state index is -0.408. The lowest BCUT2D eigenvalue weighted by Gasteiger charge is -2.19. The van der Waals surface area contributed by atoms with E-state index >= 15 is 0 Å². The van der Waals surface area contributed by atoms with E-state index in [-0.39, 0.29) is 6.61 Å². The van der Waals surface area contributed by atoms with Crippen LogP contribution in [0.25, 0.3) is 11.1 Å². The molecule has 0 aromatic heterocycles. The molecule has 0 amide bonds. The Morgan fingerprint density at radius 3 is 2.37 bits per heavy atom. The van der Waals surface area contributed by atoms with E-state index in [1.807, 2.05) is 18.2 Å². The Morgan fingerprint density at radius 2 is 1.63 bits per heavy atom. The molecule has 0 fully saturated rings. The number of halogens is 1. The molecule has 0 spiro atoms. The van der Waals surface area contributed by atoms with Gasteiger partial charge in [0.25, 0.3) is 0 Å². The summed E-state index contributed by atoms with van der Waals surface area (Å²) in [6, 6.07) is 10.3. The first-order valence-electron chi connectivity index (χ1n) is 6.07. The zero-order chi connectivity index (χ0) is 13.2. The van der Waals surface area contributed by atoms with Crippen molar-refractivity contribution in [1.29, 1.82) is 0 Å². The normalized spacial score (nSPS) is 13.4. The molecule has 1 N–H and O–H groups in total. The van der Waals surface area contributed by atoms with Crippen LogP contribution in [0.15, 0.2) is 36.4 Å². The maximum Gasteiger partial charge on any atom is 0.161 e. The summed E-state index contributed by atoms with van der Waals surface area (Å²) in [5, 5.41) is 8.96. The molecule has 0 atom stereocenters. The van der Waals surface area contributed by atoms with Gasteiger partial charge in [-0.15, -0.1) is 0 Å². The first-order chi connectivity index (χ1) is 9.28. The van der Waals surface area contributed by atoms with Gasteiger partial charge in [0.15, 0.2) is 11.5 Å². The number of hydrogen-bond donors (Lipinski definition) is 1. The summed E-state index contributed by atoms with van der Waals surface area (Å²) >= 11 is 0. The largest absolute Gasteiger partial charge is 0.486 e. The van der Waals surface area contributed by atoms with Crippen LogP contribution in [0.4, 0.5) is 4.39 Å². The molecular weight excluding hydrogens is 247 g/mol. The third-order valence-electron chi connectivity index (χ3n) is 3.10. The highest BCUT2D eigenvalue weighted by atomic mass is 19.1. The summed E-state index contributed by atoms with van der Waals surface area (Å²) < 4.78 is 24.6. The highest BCUT2D eigenvalue weighted by molar-refractivity contribution is 5.67. The van der Waals surface area contributed by atoms with Crippen LogP contribution in [0.3, 0.4) is 0 Å². The van der Waals surface area contributed by atoms with Crippen molar-refractivity contribution >= 4 is 0 Å². The van der Waals surface area contributed by atoms with Crippen molar-refractivity contribution in [2.24, 2.45) is 0 Å². The summed E-state index contributed by atoms with van der Waals surface area (Å²) in [4.78, 5) is 0. The van der Waals surface area contributed by atoms with Crippen LogP contribution < -0.4 is 9.47 Å². The van der Waals surface area contributed by atoms with Crippen molar-refractivity contribution in [3.8, 4) is 22.6 Å². The topological polar surface area (TPSA) is 38.7 Å². The fraction of sp³-hybridized carbons (Fsp3) is 0.200. The van der Waals surface area contributed by atoms with Crippen molar-refractivity contribution < 1.29 is 19.0 Å². The number of benzene rings is 2. The van der Waals surface area contributed by atoms with Gasteiger partial charge in [-0.1, -0.05) is 18.2 Å². The van der Waals surface area contributed by atoms with Crippen LogP contribution in [0.5, 0.6) is 11.5 Å². The first-order valence-corrected chi connectivity index (χ1v) is 6.07. The van der Waals surface area contributed by atoms with Gasteiger partial charge in [0, 0.05) is 5.56 Å². The van der Waals surface area contributed by atoms with Gasteiger partial charge in [-0.25, -0.2) is 4.39 Å². The third kappa shape index (κ3) is 2.27. The van der Waals surface area contributed by atoms with Gasteiger partial charge in [0.05, 0.1) is 6.61 Å². The molecule has 19 heavy (non-hydrogen) atoms. The van der Waals surface area contributed by atoms with E-state index < -0.39 is 5.82 Å². The van der Waals surface area contributed by atoms with Crippen LogP contribution in [0, 0.1) is 5.82 Å². The molecule has 2 aromatic carbocycles. The molecule has 1 aliphatic rings. The summed E-state index contributed by atoms with van der Waals surface area (Å²) in [7, 11) is 0. The van der Waals surface area contributed by atoms with E-state index in [1.165, 1.54) is 6.07 Å². The molecule has 1 heterocycles. The lowest BCUT2D eigenvalue weighted by Crippen LogP contribution is -2.15. The van der Waals surface area contributed by atoms with Gasteiger partial charge in [0.1, 0.15) is 19.0 Å². The predicted molar refractivity (Wildman–Crippen MR) is 68.7 cm³/mol. The zero-order valence-corrected chi connectivity index (χ0v) is 10.2. The highest BCUT2D eigenvalue weighted by Crippen LogP contribution is 2.34. The van der Waals surface area contributed by atoms with Crippen LogP contribution in [-0.4, -0.2) is 18.3 Å². The Bertz CT molecular complexity index is 610. The van der Waals surface area contributed by atoms with Crippen LogP contribution >= 0.6 is 0 Å². The fourth-order valence-corrected chi connectivity index (χ4v) is 2.08. The fourth-order valence-electron chi connectivity index (χ4n) is 2.08. The molecule has 1 aliphatic heterocycles. The molecule has 0 saturated carbocycles. The number of rotatable bonds is 2. The molecule has 0 bridgehead atoms. The quantitative estimate of drug-likeness (QED) is 0.902. The molecule has 0 aliphatic carbocycles. The Hall–Kier alpha value is -2.07. The van der Waals surface area contributed by atoms with Gasteiger partial charge in [-0.05, 0) is 29.3 Å². The van der Waals surface area contributed by atoms with E-state index in [9.17, 15) is 4.39 Å². The predicted octanol–water partition coefficient (Wildman–Crippen LogP) is 2.76. The van der Waals surface area contributed by atoms with E-state index in [4.69, 9.17) is 14.6 Å². The zero-order valence-electron chi connectivity index (χ0n) is 10.2. The number of fused-ring (bicyclic) bond motifs is 1. The van der Waals surface area contributed by atoms with Crippen LogP contribution in [0.1, 0.15) is 5.56 Å². The van der Waals surface area contributed by atoms with E-state index in [2.05, 4.69) is 0 Å². The Balaban J connectivity index is 2.00. The van der Waals surface area contributed by atoms with Gasteiger partial charge in [-0.3, -0.25) is 0 Å². The van der Waals surface area contributed by atoms with Crippen molar-refractivity contribution in [3.63, 3.8) is 0 Å². The molecule has 2 aromatic rings. The molecule has 4 heteroatoms. The number of ether oxygens (including phenoxy) is 2. The van der Waals surface area contributed by atoms with E-state index in [0.717, 1.165) is 11.1 Å². The summed E-state index contributed by atoms with van der Waals surface area (Å²) in [6.45, 7) is 0.772. The second kappa shape index (κ2) is 4.90. The summed E-state index contributed by atoms with van der Waals surface area (Å²) in [5.41, 5.74) is 1.89. The molecule has 98 valence electrons. The smallest absolute Gasteiger partial charge is 0.161 e. The van der Waals surface area contributed by atoms with Gasteiger partial charge < -0.3 is 14.6 Å². The summed E-state index contributed by atoms with van der Waals surface area (Å²) in [5.74, 6) is 0.979. The molecule has 0 unspecified atom stereocenters. The Labute approximate surface area is 110 Å². The Morgan fingerprint density at radius 1 is 0.947 bits per heavy atom. The molecule has 3 rings (SSSR count). The average molecular weight is 260 g/mol. The van der Waals surface area contributed by atoms with Crippen LogP contribution in [0.2, 0.25) is 0 Å². The number of hydrogen-bond acceptors (Lipinski definition) is 3. The number of aliphatic hydroxyl groups excluding tert-OH is 1. The lowest BCUT2D eigenvalue weighted by molar-refractivity contribution is 0.171. The second-order valence-corrected chi connectivity index (χ2v) is 4.32. The molecule has 0 saturated heterocycles. The monoisotopic (exact) mass is 260 g/mol.